The van der Waals surface area contributed by atoms with Gasteiger partial charge in [0.05, 0.1) is 20.7 Å². The number of hydroxylamine groups is 3. The third-order valence-electron chi connectivity index (χ3n) is 3.70. The predicted molar refractivity (Wildman–Crippen MR) is 76.7 cm³/mol. The Labute approximate surface area is 130 Å². The van der Waals surface area contributed by atoms with Gasteiger partial charge in [-0.2, -0.15) is 4.65 Å². The lowest BCUT2D eigenvalue weighted by atomic mass is 10.0. The first-order valence-corrected chi connectivity index (χ1v) is 7.19. The second kappa shape index (κ2) is 9.36. The highest BCUT2D eigenvalue weighted by Crippen LogP contribution is 2.08. The number of rotatable bonds is 10. The number of hydrogen-bond acceptors (Lipinski definition) is 7. The van der Waals surface area contributed by atoms with Crippen LogP contribution in [0.1, 0.15) is 19.8 Å². The molecule has 0 spiro atoms. The van der Waals surface area contributed by atoms with Crippen LogP contribution in [0.15, 0.2) is 0 Å². The molecule has 0 aliphatic carbocycles. The van der Waals surface area contributed by atoms with Gasteiger partial charge in [-0.1, -0.05) is 0 Å². The summed E-state index contributed by atoms with van der Waals surface area (Å²) in [6, 6.07) is -0.0334. The fraction of sp³-hybridized carbons (Fsp3) is 0.923. The molecule has 7 N–H and O–H groups in total. The molecule has 1 unspecified atom stereocenters. The van der Waals surface area contributed by atoms with Crippen molar-refractivity contribution in [3.8, 4) is 0 Å². The van der Waals surface area contributed by atoms with Gasteiger partial charge >= 0.3 is 0 Å². The molecule has 0 radical (unpaired) electrons. The number of amides is 1. The molecule has 0 fully saturated rings. The van der Waals surface area contributed by atoms with Crippen LogP contribution in [0.25, 0.3) is 0 Å². The number of quaternary nitrogens is 1. The summed E-state index contributed by atoms with van der Waals surface area (Å²) in [5, 5.41) is 58.4. The number of aliphatic hydroxyl groups excluding tert-OH is 5. The predicted octanol–water partition coefficient (Wildman–Crippen LogP) is -2.83. The van der Waals surface area contributed by atoms with Crippen molar-refractivity contribution < 1.29 is 40.2 Å². The van der Waals surface area contributed by atoms with Crippen LogP contribution in [0.2, 0.25) is 0 Å². The first-order chi connectivity index (χ1) is 10.0. The van der Waals surface area contributed by atoms with E-state index in [1.165, 1.54) is 0 Å². The van der Waals surface area contributed by atoms with Crippen LogP contribution in [0.3, 0.4) is 0 Å². The molecule has 0 rings (SSSR count). The van der Waals surface area contributed by atoms with Gasteiger partial charge in [-0.25, -0.2) is 5.21 Å². The van der Waals surface area contributed by atoms with E-state index in [2.05, 4.69) is 5.32 Å². The highest BCUT2D eigenvalue weighted by Gasteiger charge is 2.34. The van der Waals surface area contributed by atoms with E-state index in [4.69, 9.17) is 10.2 Å². The summed E-state index contributed by atoms with van der Waals surface area (Å²) in [5.74, 6) is -0.887. The Balaban J connectivity index is 4.16. The molecule has 22 heavy (non-hydrogen) atoms. The average molecular weight is 325 g/mol. The smallest absolute Gasteiger partial charge is 0.251 e. The van der Waals surface area contributed by atoms with Crippen molar-refractivity contribution >= 4 is 5.91 Å². The highest BCUT2D eigenvalue weighted by molar-refractivity contribution is 5.81. The number of aliphatic hydroxyl groups is 5. The molecule has 0 aliphatic heterocycles. The Morgan fingerprint density at radius 2 is 1.68 bits per heavy atom. The molecule has 132 valence electrons. The highest BCUT2D eigenvalue weighted by atomic mass is 16.5. The summed E-state index contributed by atoms with van der Waals surface area (Å²) in [4.78, 5) is 11.6. The molecule has 0 aromatic carbocycles. The van der Waals surface area contributed by atoms with E-state index in [-0.39, 0.29) is 17.2 Å². The maximum Gasteiger partial charge on any atom is 0.251 e. The molecule has 9 nitrogen and oxygen atoms in total. The number of nitrogens with one attached hydrogen (secondary N) is 1. The SMILES string of the molecule is CC(CCCNC(=O)[C@H](O)[C@@H](O)[C@H](O)[C@H](O)CO)[N+](C)(C)O. The van der Waals surface area contributed by atoms with Crippen molar-refractivity contribution in [3.05, 3.63) is 0 Å². The fourth-order valence-electron chi connectivity index (χ4n) is 1.71. The minimum Gasteiger partial charge on any atom is -0.394 e. The minimum atomic E-state index is -1.92. The van der Waals surface area contributed by atoms with Crippen LogP contribution in [0, 0.1) is 0 Å². The molecule has 0 bridgehead atoms. The van der Waals surface area contributed by atoms with Crippen LogP contribution in [-0.2, 0) is 4.79 Å². The Morgan fingerprint density at radius 1 is 1.14 bits per heavy atom. The lowest BCUT2D eigenvalue weighted by molar-refractivity contribution is -1.09. The first kappa shape index (κ1) is 21.2. The largest absolute Gasteiger partial charge is 0.394 e. The number of carbonyl (C=O) groups excluding carboxylic acids is 1. The minimum absolute atomic E-state index is 0.0334. The molecule has 0 saturated carbocycles. The Hall–Kier alpha value is -0.810. The van der Waals surface area contributed by atoms with Gasteiger partial charge < -0.3 is 30.8 Å². The molecular formula is C13H29N2O7+. The molecule has 0 heterocycles. The Morgan fingerprint density at radius 3 is 2.14 bits per heavy atom. The maximum atomic E-state index is 11.6. The quantitative estimate of drug-likeness (QED) is 0.130. The van der Waals surface area contributed by atoms with Gasteiger partial charge in [-0.15, -0.1) is 0 Å². The van der Waals surface area contributed by atoms with Gasteiger partial charge in [0.25, 0.3) is 5.91 Å². The molecule has 0 aromatic rings. The van der Waals surface area contributed by atoms with E-state index in [0.29, 0.717) is 12.8 Å². The van der Waals surface area contributed by atoms with Gasteiger partial charge in [0, 0.05) is 13.0 Å². The van der Waals surface area contributed by atoms with Crippen molar-refractivity contribution in [1.29, 1.82) is 0 Å². The standard InChI is InChI=1S/C13H28N2O7/c1-8(15(2,3)22)5-4-6-14-13(21)12(20)11(19)10(18)9(17)7-16/h8-12,16-20,22H,4-7H2,1-3H3/p+1/t8?,9-,10-,11+,12-/m1/s1. The molecule has 5 atom stereocenters. The van der Waals surface area contributed by atoms with Crippen molar-refractivity contribution in [2.45, 2.75) is 50.2 Å². The van der Waals surface area contributed by atoms with Gasteiger partial charge in [0.2, 0.25) is 0 Å². The summed E-state index contributed by atoms with van der Waals surface area (Å²) < 4.78 is -0.194. The van der Waals surface area contributed by atoms with E-state index < -0.39 is 36.9 Å². The van der Waals surface area contributed by atoms with Gasteiger partial charge in [0.1, 0.15) is 24.4 Å². The normalized spacial score (nSPS) is 19.1. The zero-order valence-corrected chi connectivity index (χ0v) is 13.3. The van der Waals surface area contributed by atoms with Crippen LogP contribution in [0.5, 0.6) is 0 Å². The zero-order valence-electron chi connectivity index (χ0n) is 13.3. The van der Waals surface area contributed by atoms with E-state index in [1.807, 2.05) is 6.92 Å². The molecule has 1 amide bonds. The lowest BCUT2D eigenvalue weighted by Gasteiger charge is -2.27. The third-order valence-corrected chi connectivity index (χ3v) is 3.70. The molecule has 9 heteroatoms. The van der Waals surface area contributed by atoms with Crippen molar-refractivity contribution in [3.63, 3.8) is 0 Å². The summed E-state index contributed by atoms with van der Waals surface area (Å²) in [6.07, 6.45) is -6.12. The van der Waals surface area contributed by atoms with E-state index >= 15 is 0 Å². The van der Waals surface area contributed by atoms with Gasteiger partial charge in [0.15, 0.2) is 6.10 Å². The van der Waals surface area contributed by atoms with E-state index in [0.717, 1.165) is 0 Å². The topological polar surface area (TPSA) is 150 Å². The summed E-state index contributed by atoms with van der Waals surface area (Å²) in [5.41, 5.74) is 0. The molecular weight excluding hydrogens is 296 g/mol. The summed E-state index contributed by atoms with van der Waals surface area (Å²) in [6.45, 7) is 1.28. The average Bonchev–Trinajstić information content (AvgIpc) is 2.46. The monoisotopic (exact) mass is 325 g/mol. The summed E-state index contributed by atoms with van der Waals surface area (Å²) >= 11 is 0. The van der Waals surface area contributed by atoms with Crippen LogP contribution in [0.4, 0.5) is 0 Å². The van der Waals surface area contributed by atoms with E-state index in [9.17, 15) is 25.3 Å². The summed E-state index contributed by atoms with van der Waals surface area (Å²) in [7, 11) is 3.27. The fourth-order valence-corrected chi connectivity index (χ4v) is 1.71. The van der Waals surface area contributed by atoms with Gasteiger partial charge in [-0.05, 0) is 13.3 Å². The second-order valence-electron chi connectivity index (χ2n) is 5.94. The number of hydrogen-bond donors (Lipinski definition) is 7. The van der Waals surface area contributed by atoms with Crippen LogP contribution >= 0.6 is 0 Å². The van der Waals surface area contributed by atoms with Crippen molar-refractivity contribution in [2.24, 2.45) is 0 Å². The van der Waals surface area contributed by atoms with Gasteiger partial charge in [-0.3, -0.25) is 4.79 Å². The van der Waals surface area contributed by atoms with Crippen LogP contribution < -0.4 is 5.32 Å². The first-order valence-electron chi connectivity index (χ1n) is 7.19. The molecule has 0 aliphatic rings. The van der Waals surface area contributed by atoms with Crippen molar-refractivity contribution in [1.82, 2.24) is 5.32 Å². The second-order valence-corrected chi connectivity index (χ2v) is 5.94. The van der Waals surface area contributed by atoms with E-state index in [1.54, 1.807) is 14.1 Å². The third kappa shape index (κ3) is 6.97. The molecule has 0 aromatic heterocycles. The maximum absolute atomic E-state index is 11.6. The Bertz CT molecular complexity index is 335. The van der Waals surface area contributed by atoms with Crippen LogP contribution in [-0.4, -0.2) is 99.0 Å². The number of nitrogens with zero attached hydrogens (tertiary/aromatic N) is 1. The Kier molecular flexibility index (Phi) is 9.01. The number of carbonyl (C=O) groups is 1. The lowest BCUT2D eigenvalue weighted by Crippen LogP contribution is -2.51. The zero-order chi connectivity index (χ0) is 17.5. The van der Waals surface area contributed by atoms with Crippen molar-refractivity contribution in [2.75, 3.05) is 27.2 Å². The molecule has 0 saturated heterocycles.